The Kier molecular flexibility index (Phi) is 5.50. The zero-order valence-corrected chi connectivity index (χ0v) is 17.4. The van der Waals surface area contributed by atoms with Crippen molar-refractivity contribution >= 4 is 17.5 Å². The Morgan fingerprint density at radius 2 is 1.97 bits per heavy atom. The number of hydrogen-bond acceptors (Lipinski definition) is 6. The zero-order valence-electron chi connectivity index (χ0n) is 17.4. The van der Waals surface area contributed by atoms with Gasteiger partial charge in [0.15, 0.2) is 0 Å². The Hall–Kier alpha value is -3.26. The monoisotopic (exact) mass is 406 g/mol. The molecular weight excluding hydrogens is 380 g/mol. The fourth-order valence-corrected chi connectivity index (χ4v) is 3.79. The van der Waals surface area contributed by atoms with Crippen LogP contribution in [0.25, 0.3) is 11.4 Å². The highest BCUT2D eigenvalue weighted by molar-refractivity contribution is 5.94. The van der Waals surface area contributed by atoms with Gasteiger partial charge in [0.2, 0.25) is 5.95 Å². The lowest BCUT2D eigenvalue weighted by atomic mass is 10.2. The number of nitrogens with one attached hydrogen (secondary N) is 1. The number of aryl methyl sites for hydroxylation is 1. The maximum absolute atomic E-state index is 12.5. The highest BCUT2D eigenvalue weighted by Gasteiger charge is 2.25. The minimum absolute atomic E-state index is 0.0614. The number of aliphatic hydroxyl groups is 1. The molecular formula is C22H26N6O2. The summed E-state index contributed by atoms with van der Waals surface area (Å²) in [6.45, 7) is 7.20. The predicted octanol–water partition coefficient (Wildman–Crippen LogP) is 3.18. The van der Waals surface area contributed by atoms with Crippen molar-refractivity contribution in [1.29, 1.82) is 0 Å². The van der Waals surface area contributed by atoms with Crippen molar-refractivity contribution in [1.82, 2.24) is 24.4 Å². The van der Waals surface area contributed by atoms with E-state index in [0.29, 0.717) is 31.0 Å². The summed E-state index contributed by atoms with van der Waals surface area (Å²) < 4.78 is 2.14. The quantitative estimate of drug-likeness (QED) is 0.676. The number of hydrogen-bond donors (Lipinski definition) is 2. The molecule has 0 saturated carbocycles. The van der Waals surface area contributed by atoms with Crippen molar-refractivity contribution < 1.29 is 9.90 Å². The summed E-state index contributed by atoms with van der Waals surface area (Å²) in [6.07, 6.45) is 3.76. The summed E-state index contributed by atoms with van der Waals surface area (Å²) in [5.74, 6) is 1.36. The molecule has 8 nitrogen and oxygen atoms in total. The lowest BCUT2D eigenvalue weighted by Gasteiger charge is -2.16. The summed E-state index contributed by atoms with van der Waals surface area (Å²) in [4.78, 5) is 27.6. The van der Waals surface area contributed by atoms with Crippen molar-refractivity contribution in [2.45, 2.75) is 39.3 Å². The topological polar surface area (TPSA) is 96.2 Å². The summed E-state index contributed by atoms with van der Waals surface area (Å²) in [5, 5.41) is 12.8. The minimum atomic E-state index is -0.421. The number of carbonyl (C=O) groups excluding carboxylic acids is 1. The van der Waals surface area contributed by atoms with Gasteiger partial charge in [-0.3, -0.25) is 4.79 Å². The zero-order chi connectivity index (χ0) is 21.3. The first-order valence-corrected chi connectivity index (χ1v) is 10.1. The van der Waals surface area contributed by atoms with Crippen LogP contribution in [-0.4, -0.2) is 54.6 Å². The molecule has 8 heteroatoms. The van der Waals surface area contributed by atoms with Crippen LogP contribution >= 0.6 is 0 Å². The Balaban J connectivity index is 1.50. The van der Waals surface area contributed by atoms with E-state index in [-0.39, 0.29) is 11.9 Å². The molecule has 1 atom stereocenters. The molecule has 1 aliphatic rings. The largest absolute Gasteiger partial charge is 0.391 e. The van der Waals surface area contributed by atoms with E-state index in [2.05, 4.69) is 38.7 Å². The molecule has 2 N–H and O–H groups in total. The van der Waals surface area contributed by atoms with Gasteiger partial charge in [-0.15, -0.1) is 0 Å². The molecule has 1 saturated heterocycles. The van der Waals surface area contributed by atoms with E-state index >= 15 is 0 Å². The number of imidazole rings is 1. The molecule has 1 aliphatic heterocycles. The maximum atomic E-state index is 12.5. The molecule has 156 valence electrons. The van der Waals surface area contributed by atoms with Crippen LogP contribution in [0.3, 0.4) is 0 Å². The molecule has 3 aromatic rings. The molecule has 1 aromatic carbocycles. The average molecular weight is 406 g/mol. The first-order valence-electron chi connectivity index (χ1n) is 10.1. The van der Waals surface area contributed by atoms with Gasteiger partial charge in [-0.1, -0.05) is 0 Å². The number of rotatable bonds is 5. The van der Waals surface area contributed by atoms with E-state index in [1.165, 1.54) is 0 Å². The number of aliphatic hydroxyl groups excluding tert-OH is 1. The third-order valence-electron chi connectivity index (χ3n) is 5.25. The molecule has 0 spiro atoms. The summed E-state index contributed by atoms with van der Waals surface area (Å²) in [5.41, 5.74) is 3.13. The van der Waals surface area contributed by atoms with Gasteiger partial charge >= 0.3 is 0 Å². The van der Waals surface area contributed by atoms with E-state index in [1.54, 1.807) is 23.2 Å². The molecule has 0 radical (unpaired) electrons. The molecule has 1 fully saturated rings. The number of likely N-dealkylation sites (tertiary alicyclic amines) is 1. The van der Waals surface area contributed by atoms with E-state index in [4.69, 9.17) is 0 Å². The van der Waals surface area contributed by atoms with Gasteiger partial charge in [-0.25, -0.2) is 15.0 Å². The van der Waals surface area contributed by atoms with Crippen molar-refractivity contribution in [2.75, 3.05) is 18.4 Å². The molecule has 1 amide bonds. The van der Waals surface area contributed by atoms with E-state index in [1.807, 2.05) is 31.3 Å². The van der Waals surface area contributed by atoms with Gasteiger partial charge in [0.25, 0.3) is 5.91 Å². The molecule has 0 aliphatic carbocycles. The molecule has 1 unspecified atom stereocenters. The van der Waals surface area contributed by atoms with Gasteiger partial charge in [0, 0.05) is 36.6 Å². The molecule has 0 bridgehead atoms. The number of nitrogens with zero attached hydrogens (tertiary/aromatic N) is 5. The second-order valence-corrected chi connectivity index (χ2v) is 7.82. The standard InChI is InChI=1S/C22H26N6O2/c1-14(2)28-15(3)24-12-20(28)19-8-10-23-22(26-19)25-17-6-4-16(5-7-17)21(30)27-11-9-18(29)13-27/h4-8,10,12,14,18,29H,9,11,13H2,1-3H3,(H,23,25,26). The van der Waals surface area contributed by atoms with Crippen LogP contribution in [0.4, 0.5) is 11.6 Å². The molecule has 4 rings (SSSR count). The van der Waals surface area contributed by atoms with Crippen LogP contribution in [0, 0.1) is 6.92 Å². The Morgan fingerprint density at radius 3 is 2.63 bits per heavy atom. The molecule has 2 aromatic heterocycles. The Bertz CT molecular complexity index is 1040. The Labute approximate surface area is 175 Å². The number of benzene rings is 1. The SMILES string of the molecule is Cc1ncc(-c2ccnc(Nc3ccc(C(=O)N4CCC(O)C4)cc3)n2)n1C(C)C. The molecule has 3 heterocycles. The number of aromatic nitrogens is 4. The van der Waals surface area contributed by atoms with E-state index < -0.39 is 6.10 Å². The lowest BCUT2D eigenvalue weighted by Crippen LogP contribution is -2.29. The third-order valence-corrected chi connectivity index (χ3v) is 5.25. The second-order valence-electron chi connectivity index (χ2n) is 7.82. The minimum Gasteiger partial charge on any atom is -0.391 e. The van der Waals surface area contributed by atoms with Crippen LogP contribution in [0.1, 0.15) is 42.5 Å². The summed E-state index contributed by atoms with van der Waals surface area (Å²) in [6, 6.07) is 9.35. The van der Waals surface area contributed by atoms with Crippen LogP contribution in [0.2, 0.25) is 0 Å². The number of carbonyl (C=O) groups is 1. The van der Waals surface area contributed by atoms with Crippen LogP contribution in [-0.2, 0) is 0 Å². The van der Waals surface area contributed by atoms with Crippen LogP contribution in [0.5, 0.6) is 0 Å². The van der Waals surface area contributed by atoms with Crippen LogP contribution < -0.4 is 5.32 Å². The summed E-state index contributed by atoms with van der Waals surface area (Å²) in [7, 11) is 0. The number of β-amino-alcohol motifs (C(OH)–C–C–N with tert-alkyl or cyclic N) is 1. The third kappa shape index (κ3) is 4.04. The highest BCUT2D eigenvalue weighted by Crippen LogP contribution is 2.24. The van der Waals surface area contributed by atoms with Crippen molar-refractivity contribution in [3.8, 4) is 11.4 Å². The molecule has 30 heavy (non-hydrogen) atoms. The fraction of sp³-hybridized carbons (Fsp3) is 0.364. The van der Waals surface area contributed by atoms with E-state index in [9.17, 15) is 9.90 Å². The lowest BCUT2D eigenvalue weighted by molar-refractivity contribution is 0.0765. The first-order chi connectivity index (χ1) is 14.4. The smallest absolute Gasteiger partial charge is 0.253 e. The van der Waals surface area contributed by atoms with Crippen molar-refractivity contribution in [2.24, 2.45) is 0 Å². The predicted molar refractivity (Wildman–Crippen MR) is 115 cm³/mol. The van der Waals surface area contributed by atoms with E-state index in [0.717, 1.165) is 22.9 Å². The number of anilines is 2. The first kappa shape index (κ1) is 20.0. The Morgan fingerprint density at radius 1 is 1.20 bits per heavy atom. The van der Waals surface area contributed by atoms with Gasteiger partial charge in [0.1, 0.15) is 5.82 Å². The second kappa shape index (κ2) is 8.23. The van der Waals surface area contributed by atoms with Crippen molar-refractivity contribution in [3.05, 3.63) is 54.1 Å². The average Bonchev–Trinajstić information content (AvgIpc) is 3.34. The fourth-order valence-electron chi connectivity index (χ4n) is 3.79. The van der Waals surface area contributed by atoms with Gasteiger partial charge in [-0.2, -0.15) is 0 Å². The number of amides is 1. The maximum Gasteiger partial charge on any atom is 0.253 e. The highest BCUT2D eigenvalue weighted by atomic mass is 16.3. The summed E-state index contributed by atoms with van der Waals surface area (Å²) >= 11 is 0. The normalized spacial score (nSPS) is 16.3. The van der Waals surface area contributed by atoms with Crippen molar-refractivity contribution in [3.63, 3.8) is 0 Å². The van der Waals surface area contributed by atoms with Crippen LogP contribution in [0.15, 0.2) is 42.7 Å². The van der Waals surface area contributed by atoms with Gasteiger partial charge in [0.05, 0.1) is 23.7 Å². The van der Waals surface area contributed by atoms with Gasteiger partial charge < -0.3 is 19.9 Å². The van der Waals surface area contributed by atoms with Gasteiger partial charge in [-0.05, 0) is 57.5 Å².